The zero-order valence-corrected chi connectivity index (χ0v) is 16.2. The lowest BCUT2D eigenvalue weighted by Crippen LogP contribution is -2.31. The molecule has 3 rings (SSSR count). The number of sulfonamides is 1. The molecule has 142 valence electrons. The molecule has 7 heteroatoms. The van der Waals surface area contributed by atoms with Crippen molar-refractivity contribution in [1.82, 2.24) is 4.31 Å². The van der Waals surface area contributed by atoms with E-state index in [1.807, 2.05) is 38.1 Å². The monoisotopic (exact) mass is 387 g/mol. The van der Waals surface area contributed by atoms with Gasteiger partial charge < -0.3 is 9.47 Å². The predicted molar refractivity (Wildman–Crippen MR) is 100 cm³/mol. The number of carbonyl (C=O) groups is 1. The smallest absolute Gasteiger partial charge is 0.332 e. The molecule has 1 aliphatic rings. The number of carbonyl (C=O) groups excluding carboxylic acids is 1. The molecule has 2 aromatic carbocycles. The normalized spacial score (nSPS) is 18.7. The van der Waals surface area contributed by atoms with Crippen molar-refractivity contribution in [2.75, 3.05) is 13.7 Å². The van der Waals surface area contributed by atoms with Crippen LogP contribution in [0.2, 0.25) is 0 Å². The summed E-state index contributed by atoms with van der Waals surface area (Å²) in [4.78, 5) is 11.9. The molecule has 0 bridgehead atoms. The molecule has 1 atom stereocenters. The summed E-state index contributed by atoms with van der Waals surface area (Å²) in [7, 11) is -2.70. The van der Waals surface area contributed by atoms with E-state index < -0.39 is 22.2 Å². The molecule has 1 fully saturated rings. The number of hydrogen-bond acceptors (Lipinski definition) is 5. The van der Waals surface area contributed by atoms with E-state index in [4.69, 9.17) is 4.74 Å². The molecule has 0 saturated carbocycles. The molecule has 6 nitrogen and oxygen atoms in total. The van der Waals surface area contributed by atoms with Crippen LogP contribution in [0.3, 0.4) is 0 Å². The fraction of sp³-hybridized carbons (Fsp3) is 0.250. The molecule has 0 aliphatic carbocycles. The molecule has 1 saturated heterocycles. The summed E-state index contributed by atoms with van der Waals surface area (Å²) < 4.78 is 38.4. The van der Waals surface area contributed by atoms with Crippen LogP contribution < -0.4 is 0 Å². The second-order valence-corrected chi connectivity index (χ2v) is 8.11. The van der Waals surface area contributed by atoms with E-state index in [0.717, 1.165) is 27.1 Å². The number of aryl methyl sites for hydroxylation is 2. The first kappa shape index (κ1) is 19.1. The summed E-state index contributed by atoms with van der Waals surface area (Å²) in [5.74, 6) is -0.636. The third-order valence-electron chi connectivity index (χ3n) is 4.40. The van der Waals surface area contributed by atoms with E-state index >= 15 is 0 Å². The Bertz CT molecular complexity index is 980. The molecular weight excluding hydrogens is 366 g/mol. The van der Waals surface area contributed by atoms with Crippen LogP contribution in [0.15, 0.2) is 65.2 Å². The van der Waals surface area contributed by atoms with Crippen LogP contribution in [0.1, 0.15) is 22.9 Å². The fourth-order valence-electron chi connectivity index (χ4n) is 2.93. The summed E-state index contributed by atoms with van der Waals surface area (Å²) in [5.41, 5.74) is 2.80. The standard InChI is InChI=1S/C20H21NO5S/c1-14-8-10-17(11-9-14)27(23,24)21-16(12-19(22)25-3)13-26-20(21)18-7-5-4-6-15(18)2/h4-12,20H,13H2,1-3H3/b16-12+. The lowest BCUT2D eigenvalue weighted by atomic mass is 10.1. The van der Waals surface area contributed by atoms with Gasteiger partial charge in [0.1, 0.15) is 0 Å². The number of esters is 1. The molecule has 0 aromatic heterocycles. The predicted octanol–water partition coefficient (Wildman–Crippen LogP) is 3.08. The van der Waals surface area contributed by atoms with E-state index in [9.17, 15) is 13.2 Å². The molecule has 1 unspecified atom stereocenters. The Morgan fingerprint density at radius 3 is 2.44 bits per heavy atom. The molecule has 1 heterocycles. The summed E-state index contributed by atoms with van der Waals surface area (Å²) >= 11 is 0. The Morgan fingerprint density at radius 2 is 1.81 bits per heavy atom. The van der Waals surface area contributed by atoms with Gasteiger partial charge in [0.15, 0.2) is 6.23 Å². The van der Waals surface area contributed by atoms with Crippen LogP contribution in [0, 0.1) is 13.8 Å². The molecule has 2 aromatic rings. The molecular formula is C20H21NO5S. The van der Waals surface area contributed by atoms with Gasteiger partial charge in [-0.3, -0.25) is 0 Å². The Kier molecular flexibility index (Phi) is 5.34. The van der Waals surface area contributed by atoms with Gasteiger partial charge in [0.25, 0.3) is 10.0 Å². The van der Waals surface area contributed by atoms with Gasteiger partial charge in [-0.15, -0.1) is 0 Å². The van der Waals surface area contributed by atoms with Gasteiger partial charge in [-0.25, -0.2) is 17.5 Å². The molecule has 0 N–H and O–H groups in total. The van der Waals surface area contributed by atoms with Crippen LogP contribution in [0.25, 0.3) is 0 Å². The lowest BCUT2D eigenvalue weighted by molar-refractivity contribution is -0.134. The number of methoxy groups -OCH3 is 1. The van der Waals surface area contributed by atoms with E-state index in [0.29, 0.717) is 0 Å². The average molecular weight is 387 g/mol. The Morgan fingerprint density at radius 1 is 1.15 bits per heavy atom. The van der Waals surface area contributed by atoms with Gasteiger partial charge in [0, 0.05) is 11.6 Å². The number of rotatable bonds is 4. The van der Waals surface area contributed by atoms with Crippen molar-refractivity contribution in [2.24, 2.45) is 0 Å². The summed E-state index contributed by atoms with van der Waals surface area (Å²) in [6, 6.07) is 14.0. The highest BCUT2D eigenvalue weighted by Crippen LogP contribution is 2.39. The number of nitrogens with zero attached hydrogens (tertiary/aromatic N) is 1. The maximum absolute atomic E-state index is 13.4. The highest BCUT2D eigenvalue weighted by atomic mass is 32.2. The maximum Gasteiger partial charge on any atom is 0.332 e. The van der Waals surface area contributed by atoms with Gasteiger partial charge in [-0.2, -0.15) is 0 Å². The largest absolute Gasteiger partial charge is 0.466 e. The van der Waals surface area contributed by atoms with Crippen molar-refractivity contribution in [1.29, 1.82) is 0 Å². The number of ether oxygens (including phenoxy) is 2. The van der Waals surface area contributed by atoms with Gasteiger partial charge in [-0.1, -0.05) is 42.0 Å². The lowest BCUT2D eigenvalue weighted by Gasteiger charge is -2.26. The fourth-order valence-corrected chi connectivity index (χ4v) is 4.48. The topological polar surface area (TPSA) is 72.9 Å². The van der Waals surface area contributed by atoms with Gasteiger partial charge >= 0.3 is 5.97 Å². The Hall–Kier alpha value is -2.64. The number of benzene rings is 2. The van der Waals surface area contributed by atoms with Crippen molar-refractivity contribution in [3.8, 4) is 0 Å². The van der Waals surface area contributed by atoms with Crippen molar-refractivity contribution in [3.63, 3.8) is 0 Å². The van der Waals surface area contributed by atoms with Crippen LogP contribution in [-0.4, -0.2) is 32.4 Å². The van der Waals surface area contributed by atoms with Crippen LogP contribution >= 0.6 is 0 Å². The van der Waals surface area contributed by atoms with Crippen molar-refractivity contribution in [3.05, 3.63) is 77.0 Å². The first-order valence-corrected chi connectivity index (χ1v) is 9.85. The van der Waals surface area contributed by atoms with Crippen molar-refractivity contribution < 1.29 is 22.7 Å². The quantitative estimate of drug-likeness (QED) is 0.595. The molecule has 0 radical (unpaired) electrons. The minimum absolute atomic E-state index is 0.0147. The zero-order chi connectivity index (χ0) is 19.6. The van der Waals surface area contributed by atoms with Gasteiger partial charge in [0.2, 0.25) is 0 Å². The van der Waals surface area contributed by atoms with Gasteiger partial charge in [0.05, 0.1) is 24.3 Å². The third-order valence-corrected chi connectivity index (χ3v) is 6.21. The molecule has 0 amide bonds. The maximum atomic E-state index is 13.4. The van der Waals surface area contributed by atoms with E-state index in [2.05, 4.69) is 4.74 Å². The third kappa shape index (κ3) is 3.74. The van der Waals surface area contributed by atoms with E-state index in [-0.39, 0.29) is 17.2 Å². The van der Waals surface area contributed by atoms with E-state index in [1.165, 1.54) is 7.11 Å². The van der Waals surface area contributed by atoms with Crippen molar-refractivity contribution in [2.45, 2.75) is 25.0 Å². The van der Waals surface area contributed by atoms with Crippen LogP contribution in [-0.2, 0) is 24.3 Å². The van der Waals surface area contributed by atoms with Crippen LogP contribution in [0.4, 0.5) is 0 Å². The molecule has 1 aliphatic heterocycles. The van der Waals surface area contributed by atoms with E-state index in [1.54, 1.807) is 24.3 Å². The minimum Gasteiger partial charge on any atom is -0.466 e. The summed E-state index contributed by atoms with van der Waals surface area (Å²) in [6.45, 7) is 3.75. The summed E-state index contributed by atoms with van der Waals surface area (Å²) in [5, 5.41) is 0. The minimum atomic E-state index is -3.94. The second-order valence-electron chi connectivity index (χ2n) is 6.29. The van der Waals surface area contributed by atoms with Crippen LogP contribution in [0.5, 0.6) is 0 Å². The first-order chi connectivity index (χ1) is 12.8. The SMILES string of the molecule is COC(=O)/C=C1\COC(c2ccccc2C)N1S(=O)(=O)c1ccc(C)cc1. The molecule has 27 heavy (non-hydrogen) atoms. The Labute approximate surface area is 159 Å². The highest BCUT2D eigenvalue weighted by Gasteiger charge is 2.40. The molecule has 0 spiro atoms. The second kappa shape index (κ2) is 7.54. The average Bonchev–Trinajstić information content (AvgIpc) is 3.06. The Balaban J connectivity index is 2.13. The summed E-state index contributed by atoms with van der Waals surface area (Å²) in [6.07, 6.45) is 0.303. The highest BCUT2D eigenvalue weighted by molar-refractivity contribution is 7.89. The number of hydrogen-bond donors (Lipinski definition) is 0. The zero-order valence-electron chi connectivity index (χ0n) is 15.4. The first-order valence-electron chi connectivity index (χ1n) is 8.41. The van der Waals surface area contributed by atoms with Crippen molar-refractivity contribution >= 4 is 16.0 Å². The van der Waals surface area contributed by atoms with Gasteiger partial charge in [-0.05, 0) is 31.5 Å².